The third-order valence-electron chi connectivity index (χ3n) is 4.67. The number of methoxy groups -OCH3 is 1. The van der Waals surface area contributed by atoms with E-state index >= 15 is 0 Å². The summed E-state index contributed by atoms with van der Waals surface area (Å²) in [5.41, 5.74) is 0. The number of nitrogens with zero attached hydrogens (tertiary/aromatic N) is 3. The van der Waals surface area contributed by atoms with Crippen LogP contribution in [-0.4, -0.2) is 61.0 Å². The number of carbonyl (C=O) groups is 1. The molecular formula is C16H25N3O4. The Labute approximate surface area is 136 Å². The van der Waals surface area contributed by atoms with Gasteiger partial charge in [-0.3, -0.25) is 4.79 Å². The molecule has 1 aromatic heterocycles. The molecule has 1 unspecified atom stereocenters. The summed E-state index contributed by atoms with van der Waals surface area (Å²) in [5.74, 6) is 2.30. The molecule has 3 heterocycles. The van der Waals surface area contributed by atoms with E-state index in [0.717, 1.165) is 64.2 Å². The topological polar surface area (TPSA) is 77.7 Å². The van der Waals surface area contributed by atoms with E-state index in [4.69, 9.17) is 14.0 Å². The van der Waals surface area contributed by atoms with Gasteiger partial charge in [0.2, 0.25) is 11.8 Å². The average molecular weight is 323 g/mol. The van der Waals surface area contributed by atoms with Crippen molar-refractivity contribution in [1.82, 2.24) is 15.0 Å². The van der Waals surface area contributed by atoms with Crippen molar-refractivity contribution in [2.24, 2.45) is 5.92 Å². The molecular weight excluding hydrogens is 298 g/mol. The first-order valence-electron chi connectivity index (χ1n) is 8.43. The minimum absolute atomic E-state index is 0.0608. The molecule has 0 radical (unpaired) electrons. The summed E-state index contributed by atoms with van der Waals surface area (Å²) >= 11 is 0. The zero-order valence-corrected chi connectivity index (χ0v) is 13.7. The van der Waals surface area contributed by atoms with Gasteiger partial charge in [0.1, 0.15) is 6.61 Å². The van der Waals surface area contributed by atoms with E-state index in [-0.39, 0.29) is 12.5 Å². The molecule has 0 spiro atoms. The molecule has 7 heteroatoms. The molecule has 2 aliphatic rings. The Kier molecular flexibility index (Phi) is 5.61. The van der Waals surface area contributed by atoms with Crippen molar-refractivity contribution in [2.45, 2.75) is 38.0 Å². The number of carbonyl (C=O) groups excluding carboxylic acids is 1. The van der Waals surface area contributed by atoms with Crippen molar-refractivity contribution < 1.29 is 18.8 Å². The molecule has 128 valence electrons. The number of ether oxygens (including phenoxy) is 2. The van der Waals surface area contributed by atoms with E-state index in [9.17, 15) is 4.79 Å². The predicted octanol–water partition coefficient (Wildman–Crippen LogP) is 1.39. The second-order valence-corrected chi connectivity index (χ2v) is 6.42. The Bertz CT molecular complexity index is 513. The summed E-state index contributed by atoms with van der Waals surface area (Å²) in [7, 11) is 1.55. The minimum Gasteiger partial charge on any atom is -0.381 e. The predicted molar refractivity (Wildman–Crippen MR) is 82.0 cm³/mol. The normalized spacial score (nSPS) is 23.2. The molecule has 0 bridgehead atoms. The van der Waals surface area contributed by atoms with E-state index in [1.54, 1.807) is 7.11 Å². The summed E-state index contributed by atoms with van der Waals surface area (Å²) in [5, 5.41) is 4.15. The monoisotopic (exact) mass is 323 g/mol. The van der Waals surface area contributed by atoms with Gasteiger partial charge >= 0.3 is 0 Å². The summed E-state index contributed by atoms with van der Waals surface area (Å²) in [6.07, 6.45) is 4.77. The van der Waals surface area contributed by atoms with Crippen molar-refractivity contribution in [3.63, 3.8) is 0 Å². The molecule has 0 aromatic carbocycles. The maximum Gasteiger partial charge on any atom is 0.248 e. The first kappa shape index (κ1) is 16.4. The van der Waals surface area contributed by atoms with Crippen molar-refractivity contribution in [3.8, 4) is 0 Å². The van der Waals surface area contributed by atoms with Crippen LogP contribution < -0.4 is 0 Å². The van der Waals surface area contributed by atoms with Crippen molar-refractivity contribution >= 4 is 5.91 Å². The van der Waals surface area contributed by atoms with E-state index in [2.05, 4.69) is 10.1 Å². The van der Waals surface area contributed by atoms with Crippen LogP contribution in [0.4, 0.5) is 0 Å². The fourth-order valence-electron chi connectivity index (χ4n) is 3.39. The SMILES string of the molecule is COCC(=O)N1CCCC(Cc2nc(C3CCOCC3)no2)C1. The summed E-state index contributed by atoms with van der Waals surface area (Å²) in [6, 6.07) is 0. The van der Waals surface area contributed by atoms with Gasteiger partial charge in [0.05, 0.1) is 0 Å². The smallest absolute Gasteiger partial charge is 0.248 e. The van der Waals surface area contributed by atoms with Gasteiger partial charge in [-0.15, -0.1) is 0 Å². The lowest BCUT2D eigenvalue weighted by Crippen LogP contribution is -2.42. The van der Waals surface area contributed by atoms with Crippen molar-refractivity contribution in [3.05, 3.63) is 11.7 Å². The quantitative estimate of drug-likeness (QED) is 0.815. The Hall–Kier alpha value is -1.47. The molecule has 0 saturated carbocycles. The lowest BCUT2D eigenvalue weighted by atomic mass is 9.94. The first-order valence-corrected chi connectivity index (χ1v) is 8.43. The number of piperidine rings is 1. The molecule has 7 nitrogen and oxygen atoms in total. The highest BCUT2D eigenvalue weighted by atomic mass is 16.5. The van der Waals surface area contributed by atoms with Crippen LogP contribution in [0.1, 0.15) is 43.3 Å². The average Bonchev–Trinajstić information content (AvgIpc) is 3.05. The third-order valence-corrected chi connectivity index (χ3v) is 4.67. The number of rotatable bonds is 5. The van der Waals surface area contributed by atoms with Gasteiger partial charge in [-0.2, -0.15) is 4.98 Å². The van der Waals surface area contributed by atoms with Gasteiger partial charge in [-0.05, 0) is 31.6 Å². The second-order valence-electron chi connectivity index (χ2n) is 6.42. The van der Waals surface area contributed by atoms with Crippen LogP contribution in [0.5, 0.6) is 0 Å². The Morgan fingerprint density at radius 1 is 1.35 bits per heavy atom. The standard InChI is InChI=1S/C16H25N3O4/c1-21-11-15(20)19-6-2-3-12(10-19)9-14-17-16(18-23-14)13-4-7-22-8-5-13/h12-13H,2-11H2,1H3. The van der Waals surface area contributed by atoms with Crippen LogP contribution in [0, 0.1) is 5.92 Å². The maximum absolute atomic E-state index is 11.9. The summed E-state index contributed by atoms with van der Waals surface area (Å²) < 4.78 is 15.7. The molecule has 2 aliphatic heterocycles. The number of likely N-dealkylation sites (tertiary alicyclic amines) is 1. The van der Waals surface area contributed by atoms with Gasteiger partial charge in [0, 0.05) is 45.8 Å². The molecule has 1 amide bonds. The van der Waals surface area contributed by atoms with Gasteiger partial charge in [0.15, 0.2) is 5.82 Å². The van der Waals surface area contributed by atoms with E-state index in [1.165, 1.54) is 0 Å². The highest BCUT2D eigenvalue weighted by Crippen LogP contribution is 2.26. The Morgan fingerprint density at radius 3 is 2.96 bits per heavy atom. The number of hydrogen-bond donors (Lipinski definition) is 0. The Morgan fingerprint density at radius 2 is 2.17 bits per heavy atom. The highest BCUT2D eigenvalue weighted by molar-refractivity contribution is 5.77. The van der Waals surface area contributed by atoms with Crippen LogP contribution in [0.2, 0.25) is 0 Å². The minimum atomic E-state index is 0.0608. The molecule has 1 atom stereocenters. The lowest BCUT2D eigenvalue weighted by molar-refractivity contribution is -0.137. The van der Waals surface area contributed by atoms with Crippen molar-refractivity contribution in [1.29, 1.82) is 0 Å². The summed E-state index contributed by atoms with van der Waals surface area (Å²) in [6.45, 7) is 3.26. The number of hydrogen-bond acceptors (Lipinski definition) is 6. The zero-order chi connectivity index (χ0) is 16.1. The van der Waals surface area contributed by atoms with Crippen molar-refractivity contribution in [2.75, 3.05) is 40.0 Å². The van der Waals surface area contributed by atoms with Gasteiger partial charge in [-0.1, -0.05) is 5.16 Å². The first-order chi connectivity index (χ1) is 11.3. The van der Waals surface area contributed by atoms with Crippen LogP contribution in [0.25, 0.3) is 0 Å². The molecule has 23 heavy (non-hydrogen) atoms. The zero-order valence-electron chi connectivity index (χ0n) is 13.7. The third kappa shape index (κ3) is 4.29. The number of aromatic nitrogens is 2. The van der Waals surface area contributed by atoms with Crippen LogP contribution in [0.15, 0.2) is 4.52 Å². The fraction of sp³-hybridized carbons (Fsp3) is 0.812. The van der Waals surface area contributed by atoms with Gasteiger partial charge in [-0.25, -0.2) is 0 Å². The molecule has 3 rings (SSSR count). The van der Waals surface area contributed by atoms with Crippen LogP contribution in [0.3, 0.4) is 0 Å². The van der Waals surface area contributed by atoms with Crippen LogP contribution >= 0.6 is 0 Å². The maximum atomic E-state index is 11.9. The fourth-order valence-corrected chi connectivity index (χ4v) is 3.39. The van der Waals surface area contributed by atoms with Gasteiger partial charge < -0.3 is 18.9 Å². The largest absolute Gasteiger partial charge is 0.381 e. The molecule has 0 N–H and O–H groups in total. The molecule has 2 fully saturated rings. The summed E-state index contributed by atoms with van der Waals surface area (Å²) in [4.78, 5) is 18.4. The lowest BCUT2D eigenvalue weighted by Gasteiger charge is -2.32. The van der Waals surface area contributed by atoms with E-state index in [1.807, 2.05) is 4.90 Å². The van der Waals surface area contributed by atoms with Crippen LogP contribution in [-0.2, 0) is 20.7 Å². The molecule has 1 aromatic rings. The molecule has 0 aliphatic carbocycles. The number of amides is 1. The Balaban J connectivity index is 1.54. The molecule has 2 saturated heterocycles. The second kappa shape index (κ2) is 7.88. The van der Waals surface area contributed by atoms with Gasteiger partial charge in [0.25, 0.3) is 0 Å². The highest BCUT2D eigenvalue weighted by Gasteiger charge is 2.26. The van der Waals surface area contributed by atoms with E-state index < -0.39 is 0 Å². The van der Waals surface area contributed by atoms with E-state index in [0.29, 0.717) is 17.7 Å².